The predicted molar refractivity (Wildman–Crippen MR) is 79.7 cm³/mol. The maximum absolute atomic E-state index is 11.8. The molecule has 21 heavy (non-hydrogen) atoms. The monoisotopic (exact) mass is 291 g/mol. The van der Waals surface area contributed by atoms with Gasteiger partial charge in [0.05, 0.1) is 26.4 Å². The van der Waals surface area contributed by atoms with E-state index in [1.165, 1.54) is 6.08 Å². The zero-order valence-corrected chi connectivity index (χ0v) is 12.8. The molecule has 2 rings (SSSR count). The molecule has 0 saturated heterocycles. The van der Waals surface area contributed by atoms with Gasteiger partial charge in [-0.2, -0.15) is 0 Å². The lowest BCUT2D eigenvalue weighted by atomic mass is 10.1. The molecule has 0 bridgehead atoms. The minimum Gasteiger partial charge on any atom is -0.493 e. The van der Waals surface area contributed by atoms with Crippen molar-refractivity contribution < 1.29 is 19.0 Å². The number of amides is 1. The van der Waals surface area contributed by atoms with E-state index in [0.717, 1.165) is 17.5 Å². The van der Waals surface area contributed by atoms with Crippen molar-refractivity contribution in [3.63, 3.8) is 0 Å². The van der Waals surface area contributed by atoms with Gasteiger partial charge in [-0.25, -0.2) is 0 Å². The molecule has 1 aromatic rings. The molecule has 5 nitrogen and oxygen atoms in total. The number of fused-ring (bicyclic) bond motifs is 1. The minimum atomic E-state index is -0.187. The van der Waals surface area contributed by atoms with Crippen LogP contribution in [0.5, 0.6) is 11.5 Å². The van der Waals surface area contributed by atoms with Crippen LogP contribution >= 0.6 is 0 Å². The number of carbonyl (C=O) groups is 1. The van der Waals surface area contributed by atoms with Crippen LogP contribution in [-0.4, -0.2) is 33.3 Å². The molecule has 0 heterocycles. The molecule has 1 aliphatic rings. The van der Waals surface area contributed by atoms with Gasteiger partial charge in [0.2, 0.25) is 5.91 Å². The lowest BCUT2D eigenvalue weighted by Crippen LogP contribution is -2.33. The van der Waals surface area contributed by atoms with Gasteiger partial charge in [0.25, 0.3) is 0 Å². The van der Waals surface area contributed by atoms with Gasteiger partial charge in [0.1, 0.15) is 0 Å². The second-order valence-electron chi connectivity index (χ2n) is 4.87. The molecule has 1 amide bonds. The van der Waals surface area contributed by atoms with Gasteiger partial charge in [-0.1, -0.05) is 6.08 Å². The molecule has 0 aromatic heterocycles. The quantitative estimate of drug-likeness (QED) is 0.843. The summed E-state index contributed by atoms with van der Waals surface area (Å²) >= 11 is 0. The van der Waals surface area contributed by atoms with Crippen LogP contribution in [-0.2, 0) is 16.0 Å². The van der Waals surface area contributed by atoms with Gasteiger partial charge in [-0.05, 0) is 36.3 Å². The van der Waals surface area contributed by atoms with Gasteiger partial charge in [-0.3, -0.25) is 4.79 Å². The summed E-state index contributed by atoms with van der Waals surface area (Å²) in [6.45, 7) is 1.81. The van der Waals surface area contributed by atoms with E-state index in [-0.39, 0.29) is 18.1 Å². The zero-order valence-electron chi connectivity index (χ0n) is 12.8. The molecule has 0 radical (unpaired) electrons. The van der Waals surface area contributed by atoms with Crippen molar-refractivity contribution in [2.24, 2.45) is 0 Å². The van der Waals surface area contributed by atoms with E-state index < -0.39 is 0 Å². The average molecular weight is 291 g/mol. The number of nitrogens with one attached hydrogen (secondary N) is 1. The molecular formula is C16H21NO4. The number of rotatable bonds is 5. The Morgan fingerprint density at radius 3 is 2.48 bits per heavy atom. The molecular weight excluding hydrogens is 270 g/mol. The number of methoxy groups -OCH3 is 3. The van der Waals surface area contributed by atoms with Gasteiger partial charge >= 0.3 is 0 Å². The number of ether oxygens (including phenoxy) is 3. The Morgan fingerprint density at radius 1 is 1.24 bits per heavy atom. The topological polar surface area (TPSA) is 56.8 Å². The summed E-state index contributed by atoms with van der Waals surface area (Å²) in [7, 11) is 4.86. The number of hydrogen-bond acceptors (Lipinski definition) is 4. The van der Waals surface area contributed by atoms with Crippen LogP contribution in [0.1, 0.15) is 24.1 Å². The summed E-state index contributed by atoms with van der Waals surface area (Å²) in [4.78, 5) is 11.8. The molecule has 0 unspecified atom stereocenters. The second-order valence-corrected chi connectivity index (χ2v) is 4.87. The Kier molecular flexibility index (Phi) is 4.85. The smallest absolute Gasteiger partial charge is 0.244 e. The molecule has 0 saturated carbocycles. The first-order valence-corrected chi connectivity index (χ1v) is 6.85. The van der Waals surface area contributed by atoms with Gasteiger partial charge < -0.3 is 19.5 Å². The fourth-order valence-electron chi connectivity index (χ4n) is 2.68. The maximum atomic E-state index is 11.8. The highest BCUT2D eigenvalue weighted by Gasteiger charge is 2.34. The van der Waals surface area contributed by atoms with E-state index in [4.69, 9.17) is 14.2 Å². The number of carbonyl (C=O) groups excluding carboxylic acids is 1. The minimum absolute atomic E-state index is 0.0916. The highest BCUT2D eigenvalue weighted by molar-refractivity contribution is 5.88. The first-order chi connectivity index (χ1) is 10.1. The Hall–Kier alpha value is -2.01. The van der Waals surface area contributed by atoms with E-state index >= 15 is 0 Å². The van der Waals surface area contributed by atoms with Crippen LogP contribution in [0, 0.1) is 0 Å². The van der Waals surface area contributed by atoms with Gasteiger partial charge in [0.15, 0.2) is 11.5 Å². The molecule has 1 aliphatic carbocycles. The Labute approximate surface area is 124 Å². The van der Waals surface area contributed by atoms with E-state index in [0.29, 0.717) is 11.5 Å². The number of hydrogen-bond donors (Lipinski definition) is 1. The van der Waals surface area contributed by atoms with Crippen molar-refractivity contribution in [2.75, 3.05) is 21.3 Å². The van der Waals surface area contributed by atoms with E-state index in [9.17, 15) is 4.79 Å². The number of benzene rings is 1. The lowest BCUT2D eigenvalue weighted by Gasteiger charge is -2.20. The Morgan fingerprint density at radius 2 is 1.90 bits per heavy atom. The fraction of sp³-hybridized carbons (Fsp3) is 0.438. The third kappa shape index (κ3) is 3.03. The summed E-state index contributed by atoms with van der Waals surface area (Å²) in [5.74, 6) is 1.21. The van der Waals surface area contributed by atoms with Crippen molar-refractivity contribution >= 4 is 5.91 Å². The SMILES string of the molecule is C/C=C\C(=O)N[C@@H]1c2cc(OC)c(OC)cc2C[C@H]1OC. The van der Waals surface area contributed by atoms with Crippen LogP contribution < -0.4 is 14.8 Å². The first kappa shape index (κ1) is 15.4. The standard InChI is InChI=1S/C16H21NO4/c1-5-6-15(18)17-16-11-9-13(20-3)12(19-2)7-10(11)8-14(16)21-4/h5-7,9,14,16H,8H2,1-4H3,(H,17,18)/b6-5-/t14-,16-/m1/s1. The third-order valence-corrected chi connectivity index (χ3v) is 3.69. The summed E-state index contributed by atoms with van der Waals surface area (Å²) in [5, 5.41) is 2.98. The maximum Gasteiger partial charge on any atom is 0.244 e. The molecule has 114 valence electrons. The molecule has 0 aliphatic heterocycles. The van der Waals surface area contributed by atoms with Crippen molar-refractivity contribution in [2.45, 2.75) is 25.5 Å². The molecule has 1 N–H and O–H groups in total. The van der Waals surface area contributed by atoms with Crippen molar-refractivity contribution in [3.05, 3.63) is 35.4 Å². The zero-order chi connectivity index (χ0) is 15.4. The average Bonchev–Trinajstić information content (AvgIpc) is 2.82. The summed E-state index contributed by atoms with van der Waals surface area (Å²) < 4.78 is 16.2. The van der Waals surface area contributed by atoms with Crippen molar-refractivity contribution in [1.82, 2.24) is 5.32 Å². The van der Waals surface area contributed by atoms with Crippen LogP contribution in [0.25, 0.3) is 0 Å². The van der Waals surface area contributed by atoms with Crippen LogP contribution in [0.4, 0.5) is 0 Å². The first-order valence-electron chi connectivity index (χ1n) is 6.85. The lowest BCUT2D eigenvalue weighted by molar-refractivity contribution is -0.118. The fourth-order valence-corrected chi connectivity index (χ4v) is 2.68. The highest BCUT2D eigenvalue weighted by atomic mass is 16.5. The number of allylic oxidation sites excluding steroid dienone is 1. The second kappa shape index (κ2) is 6.63. The summed E-state index contributed by atoms with van der Waals surface area (Å²) in [6.07, 6.45) is 3.85. The molecule has 5 heteroatoms. The summed E-state index contributed by atoms with van der Waals surface area (Å²) in [6, 6.07) is 3.67. The summed E-state index contributed by atoms with van der Waals surface area (Å²) in [5.41, 5.74) is 2.11. The van der Waals surface area contributed by atoms with Crippen molar-refractivity contribution in [1.29, 1.82) is 0 Å². The molecule has 0 fully saturated rings. The highest BCUT2D eigenvalue weighted by Crippen LogP contribution is 2.40. The Balaban J connectivity index is 2.37. The van der Waals surface area contributed by atoms with Crippen LogP contribution in [0.3, 0.4) is 0 Å². The van der Waals surface area contributed by atoms with Crippen molar-refractivity contribution in [3.8, 4) is 11.5 Å². The third-order valence-electron chi connectivity index (χ3n) is 3.69. The van der Waals surface area contributed by atoms with E-state index in [1.807, 2.05) is 19.1 Å². The largest absolute Gasteiger partial charge is 0.493 e. The molecule has 0 spiro atoms. The Bertz CT molecular complexity index is 553. The van der Waals surface area contributed by atoms with Gasteiger partial charge in [-0.15, -0.1) is 0 Å². The molecule has 2 atom stereocenters. The predicted octanol–water partition coefficient (Wildman–Crippen LogP) is 2.01. The van der Waals surface area contributed by atoms with E-state index in [1.54, 1.807) is 27.4 Å². The van der Waals surface area contributed by atoms with Crippen LogP contribution in [0.2, 0.25) is 0 Å². The van der Waals surface area contributed by atoms with Crippen LogP contribution in [0.15, 0.2) is 24.3 Å². The normalized spacial score (nSPS) is 20.4. The molecule has 1 aromatic carbocycles. The van der Waals surface area contributed by atoms with E-state index in [2.05, 4.69) is 5.32 Å². The van der Waals surface area contributed by atoms with Gasteiger partial charge in [0, 0.05) is 13.5 Å².